The zero-order chi connectivity index (χ0) is 23.8. The molecule has 3 N–H and O–H groups in total. The zero-order valence-corrected chi connectivity index (χ0v) is 19.1. The first kappa shape index (κ1) is 22.9. The minimum absolute atomic E-state index is 0.0664. The Morgan fingerprint density at radius 2 is 1.76 bits per heavy atom. The normalized spacial score (nSPS) is 16.6. The highest BCUT2D eigenvalue weighted by Crippen LogP contribution is 2.36. The minimum atomic E-state index is -0.727. The molecule has 1 amide bonds. The van der Waals surface area contributed by atoms with Crippen molar-refractivity contribution in [2.45, 2.75) is 45.4 Å². The van der Waals surface area contributed by atoms with Crippen molar-refractivity contribution in [3.63, 3.8) is 0 Å². The van der Waals surface area contributed by atoms with Crippen LogP contribution in [0.15, 0.2) is 54.7 Å². The molecule has 1 aromatic heterocycles. The molecule has 2 aromatic carbocycles. The first-order chi connectivity index (χ1) is 15.6. The molecular formula is C24H26BFN4O3. The fourth-order valence-corrected chi connectivity index (χ4v) is 3.42. The van der Waals surface area contributed by atoms with Crippen molar-refractivity contribution >= 4 is 24.4 Å². The predicted octanol–water partition coefficient (Wildman–Crippen LogP) is 3.09. The number of anilines is 1. The molecule has 0 aliphatic carbocycles. The van der Waals surface area contributed by atoms with Gasteiger partial charge in [-0.3, -0.25) is 9.78 Å². The Bertz CT molecular complexity index is 1170. The molecule has 3 aromatic rings. The number of halogens is 1. The monoisotopic (exact) mass is 448 g/mol. The second-order valence-corrected chi connectivity index (χ2v) is 8.98. The van der Waals surface area contributed by atoms with E-state index in [2.05, 4.69) is 15.3 Å². The highest BCUT2D eigenvalue weighted by Gasteiger charge is 2.52. The standard InChI is InChI=1S/C24H26BFN4O3/c1-23(2)24(3,4)33-25(32-23)19-14-28-21(27)20(30-19)16-10-11-17(18(26)12-16)22(31)29-13-15-8-6-5-7-9-15/h5-12,14H,13H2,1-4H3,(H2,27,28)(H,29,31). The summed E-state index contributed by atoms with van der Waals surface area (Å²) in [5, 5.41) is 2.72. The van der Waals surface area contributed by atoms with Crippen molar-refractivity contribution in [2.24, 2.45) is 0 Å². The molecule has 7 nitrogen and oxygen atoms in total. The number of aromatic nitrogens is 2. The number of amides is 1. The van der Waals surface area contributed by atoms with Gasteiger partial charge in [-0.2, -0.15) is 0 Å². The number of nitrogens with one attached hydrogen (secondary N) is 1. The van der Waals surface area contributed by atoms with Crippen LogP contribution in [-0.4, -0.2) is 34.2 Å². The molecule has 0 saturated carbocycles. The van der Waals surface area contributed by atoms with Gasteiger partial charge in [-0.25, -0.2) is 9.37 Å². The van der Waals surface area contributed by atoms with Gasteiger partial charge in [0, 0.05) is 18.3 Å². The summed E-state index contributed by atoms with van der Waals surface area (Å²) in [7, 11) is -0.727. The number of rotatable bonds is 5. The van der Waals surface area contributed by atoms with Crippen LogP contribution in [0.5, 0.6) is 0 Å². The molecule has 170 valence electrons. The van der Waals surface area contributed by atoms with E-state index in [4.69, 9.17) is 15.0 Å². The van der Waals surface area contributed by atoms with Crippen LogP contribution in [0.4, 0.5) is 10.2 Å². The van der Waals surface area contributed by atoms with Gasteiger partial charge in [0.05, 0.1) is 22.4 Å². The van der Waals surface area contributed by atoms with Gasteiger partial charge in [0.15, 0.2) is 0 Å². The molecule has 33 heavy (non-hydrogen) atoms. The maximum Gasteiger partial charge on any atom is 0.516 e. The largest absolute Gasteiger partial charge is 0.516 e. The minimum Gasteiger partial charge on any atom is -0.398 e. The van der Waals surface area contributed by atoms with Crippen LogP contribution < -0.4 is 16.6 Å². The smallest absolute Gasteiger partial charge is 0.398 e. The summed E-state index contributed by atoms with van der Waals surface area (Å²) in [6.45, 7) is 8.06. The molecule has 0 radical (unpaired) electrons. The molecule has 1 saturated heterocycles. The van der Waals surface area contributed by atoms with Crippen molar-refractivity contribution in [2.75, 3.05) is 5.73 Å². The Hall–Kier alpha value is -3.30. The predicted molar refractivity (Wildman–Crippen MR) is 125 cm³/mol. The van der Waals surface area contributed by atoms with Gasteiger partial charge in [0.1, 0.15) is 17.3 Å². The van der Waals surface area contributed by atoms with Gasteiger partial charge < -0.3 is 20.4 Å². The van der Waals surface area contributed by atoms with Gasteiger partial charge in [-0.05, 0) is 45.4 Å². The third kappa shape index (κ3) is 4.60. The Morgan fingerprint density at radius 3 is 2.39 bits per heavy atom. The van der Waals surface area contributed by atoms with Crippen molar-refractivity contribution in [3.8, 4) is 11.3 Å². The molecular weight excluding hydrogens is 422 g/mol. The van der Waals surface area contributed by atoms with Crippen molar-refractivity contribution in [1.29, 1.82) is 0 Å². The molecule has 4 rings (SSSR count). The lowest BCUT2D eigenvalue weighted by atomic mass is 9.85. The van der Waals surface area contributed by atoms with Crippen molar-refractivity contribution in [1.82, 2.24) is 15.3 Å². The number of benzene rings is 2. The Morgan fingerprint density at radius 1 is 1.09 bits per heavy atom. The maximum absolute atomic E-state index is 14.8. The van der Waals surface area contributed by atoms with E-state index in [0.717, 1.165) is 5.56 Å². The van der Waals surface area contributed by atoms with E-state index >= 15 is 0 Å². The third-order valence-electron chi connectivity index (χ3n) is 6.10. The zero-order valence-electron chi connectivity index (χ0n) is 19.1. The molecule has 1 aliphatic rings. The average Bonchev–Trinajstić information content (AvgIpc) is 3.00. The van der Waals surface area contributed by atoms with Gasteiger partial charge in [-0.15, -0.1) is 0 Å². The topological polar surface area (TPSA) is 99.4 Å². The van der Waals surface area contributed by atoms with Gasteiger partial charge in [-0.1, -0.05) is 36.4 Å². The summed E-state index contributed by atoms with van der Waals surface area (Å²) in [6.07, 6.45) is 1.49. The van der Waals surface area contributed by atoms with Crippen LogP contribution in [0.1, 0.15) is 43.6 Å². The number of nitrogens with zero attached hydrogens (tertiary/aromatic N) is 2. The lowest BCUT2D eigenvalue weighted by Gasteiger charge is -2.32. The van der Waals surface area contributed by atoms with Gasteiger partial charge >= 0.3 is 7.12 Å². The van der Waals surface area contributed by atoms with Crippen LogP contribution >= 0.6 is 0 Å². The van der Waals surface area contributed by atoms with Crippen LogP contribution in [-0.2, 0) is 15.9 Å². The first-order valence-electron chi connectivity index (χ1n) is 10.7. The summed E-state index contributed by atoms with van der Waals surface area (Å²) < 4.78 is 26.9. The Balaban J connectivity index is 1.55. The van der Waals surface area contributed by atoms with Crippen molar-refractivity contribution in [3.05, 3.63) is 71.7 Å². The summed E-state index contributed by atoms with van der Waals surface area (Å²) >= 11 is 0. The quantitative estimate of drug-likeness (QED) is 0.582. The van der Waals surface area contributed by atoms with E-state index in [1.807, 2.05) is 58.0 Å². The lowest BCUT2D eigenvalue weighted by Crippen LogP contribution is -2.41. The fourth-order valence-electron chi connectivity index (χ4n) is 3.42. The fraction of sp³-hybridized carbons (Fsp3) is 0.292. The molecule has 1 aliphatic heterocycles. The molecule has 9 heteroatoms. The number of nitrogens with two attached hydrogens (primary N) is 1. The van der Waals surface area contributed by atoms with E-state index < -0.39 is 30.0 Å². The molecule has 2 heterocycles. The summed E-state index contributed by atoms with van der Waals surface area (Å²) in [6, 6.07) is 13.6. The number of nitrogen functional groups attached to an aromatic ring is 1. The second kappa shape index (κ2) is 8.57. The summed E-state index contributed by atoms with van der Waals surface area (Å²) in [5.41, 5.74) is 6.93. The van der Waals surface area contributed by atoms with E-state index in [0.29, 0.717) is 17.7 Å². The van der Waals surface area contributed by atoms with E-state index in [1.165, 1.54) is 18.3 Å². The third-order valence-corrected chi connectivity index (χ3v) is 6.10. The summed E-state index contributed by atoms with van der Waals surface area (Å²) in [5.74, 6) is -1.05. The number of carbonyl (C=O) groups is 1. The molecule has 0 bridgehead atoms. The molecule has 1 fully saturated rings. The Labute approximate surface area is 192 Å². The average molecular weight is 448 g/mol. The molecule has 0 atom stereocenters. The second-order valence-electron chi connectivity index (χ2n) is 8.98. The molecule has 0 spiro atoms. The van der Waals surface area contributed by atoms with Crippen LogP contribution in [0.25, 0.3) is 11.3 Å². The number of hydrogen-bond acceptors (Lipinski definition) is 6. The first-order valence-corrected chi connectivity index (χ1v) is 10.7. The highest BCUT2D eigenvalue weighted by atomic mass is 19.1. The highest BCUT2D eigenvalue weighted by molar-refractivity contribution is 6.61. The molecule has 0 unspecified atom stereocenters. The SMILES string of the molecule is CC1(C)OB(c2cnc(N)c(-c3ccc(C(=O)NCc4ccccc4)c(F)c3)n2)OC1(C)C. The van der Waals surface area contributed by atoms with E-state index in [1.54, 1.807) is 6.07 Å². The maximum atomic E-state index is 14.8. The lowest BCUT2D eigenvalue weighted by molar-refractivity contribution is 0.00578. The number of hydrogen-bond donors (Lipinski definition) is 2. The summed E-state index contributed by atoms with van der Waals surface area (Å²) in [4.78, 5) is 21.2. The van der Waals surface area contributed by atoms with Crippen LogP contribution in [0.2, 0.25) is 0 Å². The van der Waals surface area contributed by atoms with Crippen molar-refractivity contribution < 1.29 is 18.5 Å². The van der Waals surface area contributed by atoms with E-state index in [-0.39, 0.29) is 17.1 Å². The van der Waals surface area contributed by atoms with Crippen LogP contribution in [0, 0.1) is 5.82 Å². The van der Waals surface area contributed by atoms with Gasteiger partial charge in [0.2, 0.25) is 0 Å². The Kier molecular flexibility index (Phi) is 5.94. The van der Waals surface area contributed by atoms with Crippen LogP contribution in [0.3, 0.4) is 0 Å². The van der Waals surface area contributed by atoms with Gasteiger partial charge in [0.25, 0.3) is 5.91 Å². The number of carbonyl (C=O) groups excluding carboxylic acids is 1. The van der Waals surface area contributed by atoms with E-state index in [9.17, 15) is 9.18 Å².